The SMILES string of the molecule is CC(C)(C)n1ccc(O)c(C#N)c1=O. The molecule has 4 nitrogen and oxygen atoms in total. The molecule has 4 heteroatoms. The number of hydrogen-bond acceptors (Lipinski definition) is 3. The fourth-order valence-corrected chi connectivity index (χ4v) is 1.16. The highest BCUT2D eigenvalue weighted by Crippen LogP contribution is 2.15. The smallest absolute Gasteiger partial charge is 0.272 e. The summed E-state index contributed by atoms with van der Waals surface area (Å²) in [4.78, 5) is 11.6. The first-order valence-corrected chi connectivity index (χ1v) is 4.23. The summed E-state index contributed by atoms with van der Waals surface area (Å²) in [7, 11) is 0. The Kier molecular flexibility index (Phi) is 2.35. The minimum atomic E-state index is -0.458. The first-order valence-electron chi connectivity index (χ1n) is 4.23. The van der Waals surface area contributed by atoms with Gasteiger partial charge in [0.05, 0.1) is 0 Å². The van der Waals surface area contributed by atoms with Gasteiger partial charge in [-0.3, -0.25) is 4.79 Å². The zero-order chi connectivity index (χ0) is 10.9. The molecule has 0 aliphatic rings. The molecular formula is C10H12N2O2. The van der Waals surface area contributed by atoms with Crippen molar-refractivity contribution in [3.63, 3.8) is 0 Å². The lowest BCUT2D eigenvalue weighted by atomic mass is 10.1. The van der Waals surface area contributed by atoms with E-state index in [4.69, 9.17) is 5.26 Å². The van der Waals surface area contributed by atoms with Gasteiger partial charge in [-0.25, -0.2) is 0 Å². The van der Waals surface area contributed by atoms with Crippen LogP contribution in [0.5, 0.6) is 5.75 Å². The second-order valence-electron chi connectivity index (χ2n) is 4.03. The van der Waals surface area contributed by atoms with Crippen molar-refractivity contribution in [1.29, 1.82) is 5.26 Å². The molecule has 1 rings (SSSR count). The normalized spacial score (nSPS) is 11.0. The van der Waals surface area contributed by atoms with Gasteiger partial charge >= 0.3 is 0 Å². The number of nitriles is 1. The van der Waals surface area contributed by atoms with Crippen molar-refractivity contribution in [3.05, 3.63) is 28.2 Å². The molecule has 0 unspecified atom stereocenters. The Morgan fingerprint density at radius 1 is 1.50 bits per heavy atom. The van der Waals surface area contributed by atoms with Crippen LogP contribution in [0.2, 0.25) is 0 Å². The van der Waals surface area contributed by atoms with E-state index in [2.05, 4.69) is 0 Å². The van der Waals surface area contributed by atoms with Crippen LogP contribution in [0, 0.1) is 11.3 Å². The molecule has 0 spiro atoms. The van der Waals surface area contributed by atoms with Crippen LogP contribution in [0.3, 0.4) is 0 Å². The number of pyridine rings is 1. The fraction of sp³-hybridized carbons (Fsp3) is 0.400. The van der Waals surface area contributed by atoms with Gasteiger partial charge in [0, 0.05) is 11.7 Å². The molecule has 14 heavy (non-hydrogen) atoms. The summed E-state index contributed by atoms with van der Waals surface area (Å²) in [5.74, 6) is -0.266. The second-order valence-corrected chi connectivity index (χ2v) is 4.03. The Balaban J connectivity index is 3.55. The summed E-state index contributed by atoms with van der Waals surface area (Å²) >= 11 is 0. The summed E-state index contributed by atoms with van der Waals surface area (Å²) in [5, 5.41) is 17.9. The maximum absolute atomic E-state index is 11.6. The van der Waals surface area contributed by atoms with Crippen molar-refractivity contribution in [2.24, 2.45) is 0 Å². The summed E-state index contributed by atoms with van der Waals surface area (Å²) in [5.41, 5.74) is -1.06. The van der Waals surface area contributed by atoms with E-state index in [-0.39, 0.29) is 11.3 Å². The molecule has 0 fully saturated rings. The van der Waals surface area contributed by atoms with Gasteiger partial charge in [-0.05, 0) is 26.8 Å². The number of hydrogen-bond donors (Lipinski definition) is 1. The highest BCUT2D eigenvalue weighted by atomic mass is 16.3. The van der Waals surface area contributed by atoms with Gasteiger partial charge in [0.1, 0.15) is 11.8 Å². The topological polar surface area (TPSA) is 66.0 Å². The van der Waals surface area contributed by atoms with Gasteiger partial charge < -0.3 is 9.67 Å². The summed E-state index contributed by atoms with van der Waals surface area (Å²) in [6.07, 6.45) is 1.48. The van der Waals surface area contributed by atoms with Crippen molar-refractivity contribution in [3.8, 4) is 11.8 Å². The Bertz CT molecular complexity index is 447. The molecule has 1 aromatic heterocycles. The standard InChI is InChI=1S/C10H12N2O2/c1-10(2,3)12-5-4-8(13)7(6-11)9(12)14/h4-5,13H,1-3H3. The molecule has 1 N–H and O–H groups in total. The van der Waals surface area contributed by atoms with E-state index in [0.717, 1.165) is 0 Å². The van der Waals surface area contributed by atoms with Crippen molar-refractivity contribution >= 4 is 0 Å². The predicted octanol–water partition coefficient (Wildman–Crippen LogP) is 1.18. The van der Waals surface area contributed by atoms with E-state index in [1.807, 2.05) is 20.8 Å². The summed E-state index contributed by atoms with van der Waals surface area (Å²) in [6, 6.07) is 3.05. The van der Waals surface area contributed by atoms with Crippen LogP contribution < -0.4 is 5.56 Å². The van der Waals surface area contributed by atoms with Gasteiger partial charge in [0.25, 0.3) is 5.56 Å². The quantitative estimate of drug-likeness (QED) is 0.671. The average Bonchev–Trinajstić information content (AvgIpc) is 2.02. The molecule has 0 amide bonds. The number of rotatable bonds is 0. The van der Waals surface area contributed by atoms with Crippen LogP contribution in [0.1, 0.15) is 26.3 Å². The zero-order valence-corrected chi connectivity index (χ0v) is 8.40. The van der Waals surface area contributed by atoms with Crippen LogP contribution in [0.15, 0.2) is 17.1 Å². The molecule has 1 heterocycles. The maximum Gasteiger partial charge on any atom is 0.272 e. The fourth-order valence-electron chi connectivity index (χ4n) is 1.16. The largest absolute Gasteiger partial charge is 0.506 e. The summed E-state index contributed by atoms with van der Waals surface area (Å²) in [6.45, 7) is 5.56. The van der Waals surface area contributed by atoms with Gasteiger partial charge in [0.2, 0.25) is 0 Å². The van der Waals surface area contributed by atoms with Crippen LogP contribution >= 0.6 is 0 Å². The Hall–Kier alpha value is -1.76. The molecule has 0 atom stereocenters. The third-order valence-electron chi connectivity index (χ3n) is 1.90. The van der Waals surface area contributed by atoms with Crippen LogP contribution in [0.4, 0.5) is 0 Å². The summed E-state index contributed by atoms with van der Waals surface area (Å²) < 4.78 is 1.42. The first-order chi connectivity index (χ1) is 6.38. The molecule has 0 aromatic carbocycles. The van der Waals surface area contributed by atoms with E-state index in [1.165, 1.54) is 16.8 Å². The number of aromatic nitrogens is 1. The van der Waals surface area contributed by atoms with E-state index in [9.17, 15) is 9.90 Å². The van der Waals surface area contributed by atoms with Gasteiger partial charge in [-0.1, -0.05) is 0 Å². The molecule has 0 saturated carbocycles. The third-order valence-corrected chi connectivity index (χ3v) is 1.90. The van der Waals surface area contributed by atoms with E-state index in [1.54, 1.807) is 6.07 Å². The number of aromatic hydroxyl groups is 1. The Labute approximate surface area is 82.0 Å². The molecule has 0 bridgehead atoms. The highest BCUT2D eigenvalue weighted by molar-refractivity contribution is 5.39. The Morgan fingerprint density at radius 3 is 2.50 bits per heavy atom. The zero-order valence-electron chi connectivity index (χ0n) is 8.40. The average molecular weight is 192 g/mol. The second kappa shape index (κ2) is 3.18. The van der Waals surface area contributed by atoms with Crippen LogP contribution in [-0.4, -0.2) is 9.67 Å². The predicted molar refractivity (Wildman–Crippen MR) is 52.1 cm³/mol. The molecule has 0 aliphatic heterocycles. The van der Waals surface area contributed by atoms with Crippen molar-refractivity contribution < 1.29 is 5.11 Å². The van der Waals surface area contributed by atoms with Gasteiger partial charge in [-0.2, -0.15) is 5.26 Å². The molecule has 74 valence electrons. The molecule has 0 radical (unpaired) electrons. The van der Waals surface area contributed by atoms with Crippen LogP contribution in [-0.2, 0) is 5.54 Å². The minimum absolute atomic E-state index is 0.206. The lowest BCUT2D eigenvalue weighted by molar-refractivity contribution is 0.378. The molecular weight excluding hydrogens is 180 g/mol. The lowest BCUT2D eigenvalue weighted by Crippen LogP contribution is -2.34. The molecule has 1 aromatic rings. The van der Waals surface area contributed by atoms with Crippen molar-refractivity contribution in [1.82, 2.24) is 4.57 Å². The molecule has 0 aliphatic carbocycles. The van der Waals surface area contributed by atoms with E-state index >= 15 is 0 Å². The molecule has 0 saturated heterocycles. The van der Waals surface area contributed by atoms with Crippen LogP contribution in [0.25, 0.3) is 0 Å². The van der Waals surface area contributed by atoms with Gasteiger partial charge in [-0.15, -0.1) is 0 Å². The minimum Gasteiger partial charge on any atom is -0.506 e. The Morgan fingerprint density at radius 2 is 2.07 bits per heavy atom. The maximum atomic E-state index is 11.6. The highest BCUT2D eigenvalue weighted by Gasteiger charge is 2.17. The van der Waals surface area contributed by atoms with E-state index < -0.39 is 11.1 Å². The van der Waals surface area contributed by atoms with Gasteiger partial charge in [0.15, 0.2) is 5.56 Å². The number of nitrogens with zero attached hydrogens (tertiary/aromatic N) is 2. The van der Waals surface area contributed by atoms with E-state index in [0.29, 0.717) is 0 Å². The first kappa shape index (κ1) is 10.3. The van der Waals surface area contributed by atoms with Crippen molar-refractivity contribution in [2.45, 2.75) is 26.3 Å². The lowest BCUT2D eigenvalue weighted by Gasteiger charge is -2.22. The monoisotopic (exact) mass is 192 g/mol. The third kappa shape index (κ3) is 1.62. The van der Waals surface area contributed by atoms with Crippen molar-refractivity contribution in [2.75, 3.05) is 0 Å².